The molecule has 0 radical (unpaired) electrons. The van der Waals surface area contributed by atoms with E-state index < -0.39 is 17.6 Å². The molecule has 0 aromatic heterocycles. The zero-order valence-corrected chi connectivity index (χ0v) is 12.2. The average molecular weight is 330 g/mol. The van der Waals surface area contributed by atoms with E-state index in [0.29, 0.717) is 25.6 Å². The highest BCUT2D eigenvalue weighted by atomic mass is 19.4. The van der Waals surface area contributed by atoms with Crippen molar-refractivity contribution >= 4 is 17.4 Å². The van der Waals surface area contributed by atoms with Crippen LogP contribution in [0.2, 0.25) is 0 Å². The quantitative estimate of drug-likeness (QED) is 0.559. The van der Waals surface area contributed by atoms with Gasteiger partial charge in [0.15, 0.2) is 5.78 Å². The highest BCUT2D eigenvalue weighted by Crippen LogP contribution is 2.31. The standard InChI is InChI=1S/C14H17F3N4O2/c15-14(16,17)9-1-2-11(18)10(5-9)13(23)20-6-12(22)8-3-4-21(19)7-8/h1-2,5,8H,3-4,6-7,18-19H2,(H,20,23)/t8-/m1/s1. The topological polar surface area (TPSA) is 101 Å². The Morgan fingerprint density at radius 2 is 2.04 bits per heavy atom. The molecule has 1 saturated heterocycles. The lowest BCUT2D eigenvalue weighted by molar-refractivity contribution is -0.137. The van der Waals surface area contributed by atoms with Gasteiger partial charge in [-0.25, -0.2) is 5.01 Å². The number of rotatable bonds is 4. The van der Waals surface area contributed by atoms with E-state index in [1.165, 1.54) is 5.01 Å². The second-order valence-corrected chi connectivity index (χ2v) is 5.43. The third-order valence-corrected chi connectivity index (χ3v) is 3.72. The maximum atomic E-state index is 12.7. The molecule has 1 aliphatic heterocycles. The van der Waals surface area contributed by atoms with Gasteiger partial charge in [0.05, 0.1) is 17.7 Å². The van der Waals surface area contributed by atoms with Gasteiger partial charge in [0, 0.05) is 24.7 Å². The number of carbonyl (C=O) groups excluding carboxylic acids is 2. The first-order valence-electron chi connectivity index (χ1n) is 6.95. The first-order valence-corrected chi connectivity index (χ1v) is 6.95. The number of amides is 1. The predicted molar refractivity (Wildman–Crippen MR) is 77.1 cm³/mol. The summed E-state index contributed by atoms with van der Waals surface area (Å²) in [6.45, 7) is 0.721. The van der Waals surface area contributed by atoms with Crippen LogP contribution in [0.15, 0.2) is 18.2 Å². The van der Waals surface area contributed by atoms with Gasteiger partial charge in [0.25, 0.3) is 5.91 Å². The lowest BCUT2D eigenvalue weighted by atomic mass is 10.0. The Balaban J connectivity index is 2.02. The van der Waals surface area contributed by atoms with Crippen molar-refractivity contribution in [2.24, 2.45) is 11.8 Å². The molecule has 1 atom stereocenters. The molecule has 1 fully saturated rings. The fraction of sp³-hybridized carbons (Fsp3) is 0.429. The number of hydrogen-bond donors (Lipinski definition) is 3. The van der Waals surface area contributed by atoms with Crippen LogP contribution in [-0.4, -0.2) is 36.3 Å². The van der Waals surface area contributed by atoms with Gasteiger partial charge in [-0.3, -0.25) is 15.4 Å². The molecular formula is C14H17F3N4O2. The molecule has 1 aromatic carbocycles. The summed E-state index contributed by atoms with van der Waals surface area (Å²) in [7, 11) is 0. The summed E-state index contributed by atoms with van der Waals surface area (Å²) in [6, 6.07) is 2.49. The van der Waals surface area contributed by atoms with E-state index in [9.17, 15) is 22.8 Å². The van der Waals surface area contributed by atoms with E-state index in [0.717, 1.165) is 12.1 Å². The van der Waals surface area contributed by atoms with Gasteiger partial charge in [0.1, 0.15) is 0 Å². The molecule has 0 bridgehead atoms. The van der Waals surface area contributed by atoms with Gasteiger partial charge >= 0.3 is 6.18 Å². The van der Waals surface area contributed by atoms with Crippen LogP contribution in [0.5, 0.6) is 0 Å². The summed E-state index contributed by atoms with van der Waals surface area (Å²) in [6.07, 6.45) is -3.98. The van der Waals surface area contributed by atoms with Crippen molar-refractivity contribution in [2.45, 2.75) is 12.6 Å². The Hall–Kier alpha value is -2.13. The van der Waals surface area contributed by atoms with Crippen molar-refractivity contribution in [1.82, 2.24) is 10.3 Å². The molecule has 2 rings (SSSR count). The van der Waals surface area contributed by atoms with Gasteiger partial charge in [-0.2, -0.15) is 13.2 Å². The summed E-state index contributed by atoms with van der Waals surface area (Å²) >= 11 is 0. The molecule has 6 nitrogen and oxygen atoms in total. The summed E-state index contributed by atoms with van der Waals surface area (Å²) in [5, 5.41) is 3.82. The molecule has 0 aliphatic carbocycles. The Bertz CT molecular complexity index is 619. The van der Waals surface area contributed by atoms with Crippen LogP contribution in [0.1, 0.15) is 22.3 Å². The smallest absolute Gasteiger partial charge is 0.398 e. The second-order valence-electron chi connectivity index (χ2n) is 5.43. The van der Waals surface area contributed by atoms with Crippen LogP contribution in [0.3, 0.4) is 0 Å². The number of nitrogens with one attached hydrogen (secondary N) is 1. The number of hydrogen-bond acceptors (Lipinski definition) is 5. The molecule has 1 aromatic rings. The maximum Gasteiger partial charge on any atom is 0.416 e. The minimum atomic E-state index is -4.58. The first kappa shape index (κ1) is 17.2. The number of halogens is 3. The van der Waals surface area contributed by atoms with Crippen LogP contribution < -0.4 is 16.9 Å². The van der Waals surface area contributed by atoms with Crippen LogP contribution in [0.25, 0.3) is 0 Å². The number of Topliss-reactive ketones (excluding diaryl/α,β-unsaturated/α-hetero) is 1. The number of anilines is 1. The Kier molecular flexibility index (Phi) is 4.90. The highest BCUT2D eigenvalue weighted by molar-refractivity contribution is 6.01. The zero-order chi connectivity index (χ0) is 17.2. The number of nitrogens with two attached hydrogens (primary N) is 2. The number of nitrogens with zero attached hydrogens (tertiary/aromatic N) is 1. The van der Waals surface area contributed by atoms with Crippen molar-refractivity contribution in [3.8, 4) is 0 Å². The summed E-state index contributed by atoms with van der Waals surface area (Å²) < 4.78 is 38.0. The van der Waals surface area contributed by atoms with Crippen LogP contribution in [0, 0.1) is 5.92 Å². The number of hydrazine groups is 1. The molecule has 23 heavy (non-hydrogen) atoms. The third kappa shape index (κ3) is 4.20. The Labute approximate surface area is 130 Å². The average Bonchev–Trinajstić information content (AvgIpc) is 2.90. The summed E-state index contributed by atoms with van der Waals surface area (Å²) in [5.41, 5.74) is 4.18. The van der Waals surface area contributed by atoms with Crippen molar-refractivity contribution < 1.29 is 22.8 Å². The van der Waals surface area contributed by atoms with Gasteiger partial charge in [-0.1, -0.05) is 0 Å². The van der Waals surface area contributed by atoms with Gasteiger partial charge in [-0.15, -0.1) is 0 Å². The minimum Gasteiger partial charge on any atom is -0.398 e. The SMILES string of the molecule is Nc1ccc(C(F)(F)F)cc1C(=O)NCC(=O)[C@@H]1CCN(N)C1. The fourth-order valence-corrected chi connectivity index (χ4v) is 2.39. The van der Waals surface area contributed by atoms with Crippen LogP contribution >= 0.6 is 0 Å². The highest BCUT2D eigenvalue weighted by Gasteiger charge is 2.32. The zero-order valence-electron chi connectivity index (χ0n) is 12.2. The van der Waals surface area contributed by atoms with Gasteiger partial charge in [0.2, 0.25) is 0 Å². The lowest BCUT2D eigenvalue weighted by Gasteiger charge is -2.13. The molecule has 1 amide bonds. The molecule has 0 saturated carbocycles. The van der Waals surface area contributed by atoms with Crippen LogP contribution in [-0.2, 0) is 11.0 Å². The van der Waals surface area contributed by atoms with E-state index in [-0.39, 0.29) is 29.5 Å². The lowest BCUT2D eigenvalue weighted by Crippen LogP contribution is -2.35. The largest absolute Gasteiger partial charge is 0.416 e. The number of alkyl halides is 3. The second kappa shape index (κ2) is 6.55. The van der Waals surface area contributed by atoms with Gasteiger partial charge in [-0.05, 0) is 24.6 Å². The number of benzene rings is 1. The molecule has 0 spiro atoms. The van der Waals surface area contributed by atoms with E-state index in [4.69, 9.17) is 11.6 Å². The minimum absolute atomic E-state index is 0.0862. The number of ketones is 1. The van der Waals surface area contributed by atoms with Crippen molar-refractivity contribution in [3.05, 3.63) is 29.3 Å². The molecule has 9 heteroatoms. The molecule has 0 unspecified atom stereocenters. The maximum absolute atomic E-state index is 12.7. The number of carbonyl (C=O) groups is 2. The Morgan fingerprint density at radius 1 is 1.35 bits per heavy atom. The third-order valence-electron chi connectivity index (χ3n) is 3.72. The Morgan fingerprint density at radius 3 is 2.61 bits per heavy atom. The molecular weight excluding hydrogens is 313 g/mol. The van der Waals surface area contributed by atoms with Gasteiger partial charge < -0.3 is 11.1 Å². The summed E-state index contributed by atoms with van der Waals surface area (Å²) in [4.78, 5) is 23.9. The van der Waals surface area contributed by atoms with Crippen LogP contribution in [0.4, 0.5) is 18.9 Å². The predicted octanol–water partition coefficient (Wildman–Crippen LogP) is 0.782. The first-order chi connectivity index (χ1) is 10.7. The van der Waals surface area contributed by atoms with Crippen molar-refractivity contribution in [3.63, 3.8) is 0 Å². The summed E-state index contributed by atoms with van der Waals surface area (Å²) in [5.74, 6) is 4.25. The fourth-order valence-electron chi connectivity index (χ4n) is 2.39. The molecule has 5 N–H and O–H groups in total. The van der Waals surface area contributed by atoms with Crippen molar-refractivity contribution in [2.75, 3.05) is 25.4 Å². The van der Waals surface area contributed by atoms with E-state index in [1.54, 1.807) is 0 Å². The number of nitrogen functional groups attached to an aromatic ring is 1. The molecule has 1 heterocycles. The van der Waals surface area contributed by atoms with E-state index in [1.807, 2.05) is 0 Å². The monoisotopic (exact) mass is 330 g/mol. The molecule has 126 valence electrons. The normalized spacial score (nSPS) is 18.9. The van der Waals surface area contributed by atoms with Crippen molar-refractivity contribution in [1.29, 1.82) is 0 Å². The van der Waals surface area contributed by atoms with E-state index in [2.05, 4.69) is 5.32 Å². The van der Waals surface area contributed by atoms with E-state index >= 15 is 0 Å². The molecule has 1 aliphatic rings.